The maximum Gasteiger partial charge on any atom is 0.340 e. The molecule has 2 rings (SSSR count). The lowest BCUT2D eigenvalue weighted by Gasteiger charge is -2.12. The molecular formula is C14H16N2O3. The summed E-state index contributed by atoms with van der Waals surface area (Å²) in [7, 11) is 1.50. The van der Waals surface area contributed by atoms with Gasteiger partial charge in [0.1, 0.15) is 5.75 Å². The van der Waals surface area contributed by atoms with Gasteiger partial charge in [-0.15, -0.1) is 0 Å². The van der Waals surface area contributed by atoms with E-state index in [1.807, 2.05) is 31.3 Å². The Morgan fingerprint density at radius 2 is 2.11 bits per heavy atom. The first-order valence-corrected chi connectivity index (χ1v) is 6.09. The van der Waals surface area contributed by atoms with Crippen molar-refractivity contribution < 1.29 is 14.3 Å². The zero-order valence-corrected chi connectivity index (χ0v) is 10.9. The molecule has 0 amide bonds. The van der Waals surface area contributed by atoms with Gasteiger partial charge in [0.25, 0.3) is 0 Å². The Kier molecular flexibility index (Phi) is 4.30. The van der Waals surface area contributed by atoms with E-state index in [4.69, 9.17) is 9.47 Å². The molecule has 19 heavy (non-hydrogen) atoms. The molecule has 1 aromatic heterocycles. The summed E-state index contributed by atoms with van der Waals surface area (Å²) < 4.78 is 12.0. The number of aromatic nitrogens is 2. The fraction of sp³-hybridized carbons (Fsp3) is 0.286. The second-order valence-corrected chi connectivity index (χ2v) is 4.00. The van der Waals surface area contributed by atoms with E-state index >= 15 is 0 Å². The number of hydrogen-bond acceptors (Lipinski definition) is 4. The highest BCUT2D eigenvalue weighted by atomic mass is 16.6. The fourth-order valence-electron chi connectivity index (χ4n) is 1.70. The van der Waals surface area contributed by atoms with Gasteiger partial charge in [0.2, 0.25) is 0 Å². The molecule has 0 saturated carbocycles. The van der Waals surface area contributed by atoms with E-state index in [1.54, 1.807) is 23.0 Å². The summed E-state index contributed by atoms with van der Waals surface area (Å²) in [4.78, 5) is 11.7. The van der Waals surface area contributed by atoms with Gasteiger partial charge < -0.3 is 9.47 Å². The molecule has 100 valence electrons. The predicted octanol–water partition coefficient (Wildman–Crippen LogP) is 2.20. The SMILES string of the molecule is CC[C@H](OC)C(=O)Oc1ccc(-n2cccn2)cc1. The number of carbonyl (C=O) groups is 1. The molecule has 0 aliphatic heterocycles. The summed E-state index contributed by atoms with van der Waals surface area (Å²) in [6.45, 7) is 1.87. The van der Waals surface area contributed by atoms with Gasteiger partial charge in [-0.05, 0) is 36.8 Å². The maximum absolute atomic E-state index is 11.7. The maximum atomic E-state index is 11.7. The van der Waals surface area contributed by atoms with Gasteiger partial charge in [-0.3, -0.25) is 0 Å². The Balaban J connectivity index is 2.05. The van der Waals surface area contributed by atoms with Crippen LogP contribution in [-0.4, -0.2) is 29.0 Å². The first-order valence-electron chi connectivity index (χ1n) is 6.09. The van der Waals surface area contributed by atoms with Crippen LogP contribution >= 0.6 is 0 Å². The van der Waals surface area contributed by atoms with Crippen molar-refractivity contribution >= 4 is 5.97 Å². The number of benzene rings is 1. The molecule has 0 radical (unpaired) electrons. The van der Waals surface area contributed by atoms with Gasteiger partial charge in [-0.2, -0.15) is 5.10 Å². The van der Waals surface area contributed by atoms with Gasteiger partial charge in [0.05, 0.1) is 5.69 Å². The number of esters is 1. The first kappa shape index (κ1) is 13.3. The lowest BCUT2D eigenvalue weighted by atomic mass is 10.2. The molecule has 0 fully saturated rings. The minimum atomic E-state index is -0.522. The Labute approximate surface area is 111 Å². The molecule has 0 unspecified atom stereocenters. The van der Waals surface area contributed by atoms with Crippen LogP contribution in [0.3, 0.4) is 0 Å². The molecule has 1 heterocycles. The smallest absolute Gasteiger partial charge is 0.340 e. The average molecular weight is 260 g/mol. The lowest BCUT2D eigenvalue weighted by Crippen LogP contribution is -2.26. The highest BCUT2D eigenvalue weighted by Gasteiger charge is 2.17. The van der Waals surface area contributed by atoms with Gasteiger partial charge in [-0.25, -0.2) is 9.48 Å². The molecule has 0 aliphatic rings. The lowest BCUT2D eigenvalue weighted by molar-refractivity contribution is -0.145. The highest BCUT2D eigenvalue weighted by Crippen LogP contribution is 2.16. The second-order valence-electron chi connectivity index (χ2n) is 4.00. The number of nitrogens with zero attached hydrogens (tertiary/aromatic N) is 2. The fourth-order valence-corrected chi connectivity index (χ4v) is 1.70. The molecule has 0 saturated heterocycles. The normalized spacial score (nSPS) is 12.1. The number of ether oxygens (including phenoxy) is 2. The Bertz CT molecular complexity index is 516. The highest BCUT2D eigenvalue weighted by molar-refractivity contribution is 5.77. The first-order chi connectivity index (χ1) is 9.24. The van der Waals surface area contributed by atoms with Gasteiger partial charge in [0.15, 0.2) is 6.10 Å². The van der Waals surface area contributed by atoms with E-state index in [1.165, 1.54) is 7.11 Å². The number of carbonyl (C=O) groups excluding carboxylic acids is 1. The topological polar surface area (TPSA) is 53.4 Å². The molecule has 5 nitrogen and oxygen atoms in total. The molecule has 5 heteroatoms. The van der Waals surface area contributed by atoms with Crippen LogP contribution in [0.4, 0.5) is 0 Å². The minimum absolute atomic E-state index is 0.378. The van der Waals surface area contributed by atoms with E-state index in [0.717, 1.165) is 5.69 Å². The zero-order chi connectivity index (χ0) is 13.7. The minimum Gasteiger partial charge on any atom is -0.425 e. The largest absolute Gasteiger partial charge is 0.425 e. The molecule has 0 N–H and O–H groups in total. The van der Waals surface area contributed by atoms with Crippen LogP contribution in [0.5, 0.6) is 5.75 Å². The van der Waals surface area contributed by atoms with E-state index in [9.17, 15) is 4.79 Å². The van der Waals surface area contributed by atoms with Crippen LogP contribution in [-0.2, 0) is 9.53 Å². The summed E-state index contributed by atoms with van der Waals surface area (Å²) >= 11 is 0. The molecule has 2 aromatic rings. The second kappa shape index (κ2) is 6.15. The number of rotatable bonds is 5. The average Bonchev–Trinajstić information content (AvgIpc) is 2.95. The van der Waals surface area contributed by atoms with Gasteiger partial charge >= 0.3 is 5.97 Å². The zero-order valence-electron chi connectivity index (χ0n) is 10.9. The van der Waals surface area contributed by atoms with Crippen molar-refractivity contribution in [2.75, 3.05) is 7.11 Å². The van der Waals surface area contributed by atoms with Gasteiger partial charge in [-0.1, -0.05) is 6.92 Å². The molecule has 0 aliphatic carbocycles. The summed E-state index contributed by atoms with van der Waals surface area (Å²) in [5.41, 5.74) is 0.906. The monoisotopic (exact) mass is 260 g/mol. The van der Waals surface area contributed by atoms with Crippen molar-refractivity contribution in [2.24, 2.45) is 0 Å². The molecular weight excluding hydrogens is 244 g/mol. The van der Waals surface area contributed by atoms with Crippen molar-refractivity contribution in [3.8, 4) is 11.4 Å². The molecule has 1 atom stereocenters. The summed E-state index contributed by atoms with van der Waals surface area (Å²) in [5, 5.41) is 4.12. The van der Waals surface area contributed by atoms with Crippen molar-refractivity contribution in [1.29, 1.82) is 0 Å². The van der Waals surface area contributed by atoms with Crippen LogP contribution < -0.4 is 4.74 Å². The third kappa shape index (κ3) is 3.20. The summed E-state index contributed by atoms with van der Waals surface area (Å²) in [5.74, 6) is 0.119. The Hall–Kier alpha value is -2.14. The summed E-state index contributed by atoms with van der Waals surface area (Å²) in [6.07, 6.45) is 3.61. The van der Waals surface area contributed by atoms with Crippen LogP contribution in [0.25, 0.3) is 5.69 Å². The van der Waals surface area contributed by atoms with Crippen molar-refractivity contribution in [3.63, 3.8) is 0 Å². The van der Waals surface area contributed by atoms with Crippen molar-refractivity contribution in [1.82, 2.24) is 9.78 Å². The van der Waals surface area contributed by atoms with E-state index in [2.05, 4.69) is 5.10 Å². The Morgan fingerprint density at radius 1 is 1.37 bits per heavy atom. The van der Waals surface area contributed by atoms with E-state index in [-0.39, 0.29) is 5.97 Å². The van der Waals surface area contributed by atoms with Crippen LogP contribution in [0.15, 0.2) is 42.7 Å². The van der Waals surface area contributed by atoms with Gasteiger partial charge in [0, 0.05) is 19.5 Å². The Morgan fingerprint density at radius 3 is 2.63 bits per heavy atom. The number of hydrogen-bond donors (Lipinski definition) is 0. The summed E-state index contributed by atoms with van der Waals surface area (Å²) in [6, 6.07) is 8.99. The molecule has 1 aromatic carbocycles. The van der Waals surface area contributed by atoms with Crippen molar-refractivity contribution in [3.05, 3.63) is 42.7 Å². The third-order valence-corrected chi connectivity index (χ3v) is 2.74. The molecule has 0 bridgehead atoms. The molecule has 0 spiro atoms. The van der Waals surface area contributed by atoms with E-state index in [0.29, 0.717) is 12.2 Å². The standard InChI is InChI=1S/C14H16N2O3/c1-3-13(18-2)14(17)19-12-7-5-11(6-8-12)16-10-4-9-15-16/h4-10,13H,3H2,1-2H3/t13-/m0/s1. The van der Waals surface area contributed by atoms with Crippen LogP contribution in [0, 0.1) is 0 Å². The van der Waals surface area contributed by atoms with E-state index < -0.39 is 6.10 Å². The van der Waals surface area contributed by atoms with Crippen LogP contribution in [0.1, 0.15) is 13.3 Å². The van der Waals surface area contributed by atoms with Crippen molar-refractivity contribution in [2.45, 2.75) is 19.4 Å². The van der Waals surface area contributed by atoms with Crippen LogP contribution in [0.2, 0.25) is 0 Å². The number of methoxy groups -OCH3 is 1. The predicted molar refractivity (Wildman–Crippen MR) is 70.3 cm³/mol. The quantitative estimate of drug-likeness (QED) is 0.611. The third-order valence-electron chi connectivity index (χ3n) is 2.74.